The van der Waals surface area contributed by atoms with Crippen LogP contribution in [0.25, 0.3) is 0 Å². The summed E-state index contributed by atoms with van der Waals surface area (Å²) in [5.74, 6) is 1.07. The first-order valence-electron chi connectivity index (χ1n) is 5.03. The Kier molecular flexibility index (Phi) is 3.98. The van der Waals surface area contributed by atoms with Crippen molar-refractivity contribution in [3.05, 3.63) is 5.69 Å². The van der Waals surface area contributed by atoms with Gasteiger partial charge in [0.25, 0.3) is 0 Å². The van der Waals surface area contributed by atoms with Crippen LogP contribution in [-0.4, -0.2) is 21.2 Å². The number of nitrogens with zero attached hydrogens (tertiary/aromatic N) is 3. The summed E-state index contributed by atoms with van der Waals surface area (Å²) in [4.78, 5) is 0. The molecule has 4 heteroatoms. The topological polar surface area (TPSA) is 30.7 Å². The van der Waals surface area contributed by atoms with E-state index in [2.05, 4.69) is 44.3 Å². The van der Waals surface area contributed by atoms with Gasteiger partial charge in [-0.15, -0.1) is 16.9 Å². The molecule has 0 aliphatic rings. The van der Waals surface area contributed by atoms with E-state index in [1.807, 2.05) is 4.68 Å². The minimum absolute atomic E-state index is 0.457. The van der Waals surface area contributed by atoms with E-state index in [9.17, 15) is 0 Å². The first-order chi connectivity index (χ1) is 6.56. The lowest BCUT2D eigenvalue weighted by Gasteiger charge is -2.08. The van der Waals surface area contributed by atoms with E-state index in [-0.39, 0.29) is 0 Å². The molecule has 1 aromatic rings. The SMILES string of the molecule is CSc1c(C(C)C)nnn1CC(C)C. The molecule has 0 saturated carbocycles. The van der Waals surface area contributed by atoms with E-state index in [0.717, 1.165) is 12.2 Å². The molecule has 0 fully saturated rings. The number of hydrogen-bond donors (Lipinski definition) is 0. The molecule has 0 spiro atoms. The Labute approximate surface area is 90.3 Å². The molecule has 1 rings (SSSR count). The van der Waals surface area contributed by atoms with Crippen LogP contribution >= 0.6 is 11.8 Å². The van der Waals surface area contributed by atoms with E-state index in [4.69, 9.17) is 0 Å². The maximum absolute atomic E-state index is 4.23. The number of aromatic nitrogens is 3. The highest BCUT2D eigenvalue weighted by atomic mass is 32.2. The molecular formula is C10H19N3S. The predicted octanol–water partition coefficient (Wildman–Crippen LogP) is 2.78. The molecule has 80 valence electrons. The van der Waals surface area contributed by atoms with Gasteiger partial charge in [-0.2, -0.15) is 0 Å². The fraction of sp³-hybridized carbons (Fsp3) is 0.800. The highest BCUT2D eigenvalue weighted by molar-refractivity contribution is 7.98. The van der Waals surface area contributed by atoms with Crippen molar-refractivity contribution in [3.63, 3.8) is 0 Å². The lowest BCUT2D eigenvalue weighted by Crippen LogP contribution is -2.07. The third-order valence-electron chi connectivity index (χ3n) is 1.99. The zero-order valence-electron chi connectivity index (χ0n) is 9.61. The molecule has 0 atom stereocenters. The van der Waals surface area contributed by atoms with Crippen LogP contribution < -0.4 is 0 Å². The molecule has 3 nitrogen and oxygen atoms in total. The van der Waals surface area contributed by atoms with E-state index >= 15 is 0 Å². The largest absolute Gasteiger partial charge is 0.238 e. The van der Waals surface area contributed by atoms with Crippen LogP contribution in [0.5, 0.6) is 0 Å². The Morgan fingerprint density at radius 2 is 1.93 bits per heavy atom. The maximum Gasteiger partial charge on any atom is 0.118 e. The Hall–Kier alpha value is -0.510. The zero-order chi connectivity index (χ0) is 10.7. The molecule has 0 saturated heterocycles. The normalized spacial score (nSPS) is 11.6. The van der Waals surface area contributed by atoms with Gasteiger partial charge in [0.05, 0.1) is 5.69 Å². The first kappa shape index (κ1) is 11.6. The molecule has 1 aromatic heterocycles. The van der Waals surface area contributed by atoms with Crippen LogP contribution in [0.15, 0.2) is 5.03 Å². The Bertz CT molecular complexity index is 292. The highest BCUT2D eigenvalue weighted by Crippen LogP contribution is 2.25. The van der Waals surface area contributed by atoms with Gasteiger partial charge in [-0.05, 0) is 12.2 Å². The Balaban J connectivity index is 2.95. The second-order valence-corrected chi connectivity index (χ2v) is 5.01. The van der Waals surface area contributed by atoms with Crippen molar-refractivity contribution in [2.24, 2.45) is 5.92 Å². The van der Waals surface area contributed by atoms with Gasteiger partial charge in [0.2, 0.25) is 0 Å². The molecule has 1 heterocycles. The van der Waals surface area contributed by atoms with Crippen LogP contribution in [0, 0.1) is 5.92 Å². The van der Waals surface area contributed by atoms with E-state index in [0.29, 0.717) is 11.8 Å². The second kappa shape index (κ2) is 4.82. The molecule has 0 amide bonds. The van der Waals surface area contributed by atoms with E-state index in [1.54, 1.807) is 11.8 Å². The van der Waals surface area contributed by atoms with Gasteiger partial charge in [-0.3, -0.25) is 0 Å². The van der Waals surface area contributed by atoms with Gasteiger partial charge in [0, 0.05) is 12.5 Å². The molecular weight excluding hydrogens is 194 g/mol. The van der Waals surface area contributed by atoms with Crippen LogP contribution in [-0.2, 0) is 6.54 Å². The van der Waals surface area contributed by atoms with Gasteiger partial charge in [-0.1, -0.05) is 32.9 Å². The van der Waals surface area contributed by atoms with Crippen molar-refractivity contribution in [3.8, 4) is 0 Å². The summed E-state index contributed by atoms with van der Waals surface area (Å²) in [7, 11) is 0. The second-order valence-electron chi connectivity index (χ2n) is 4.21. The Morgan fingerprint density at radius 3 is 2.36 bits per heavy atom. The smallest absolute Gasteiger partial charge is 0.118 e. The molecule has 0 bridgehead atoms. The summed E-state index contributed by atoms with van der Waals surface area (Å²) in [5.41, 5.74) is 1.12. The lowest BCUT2D eigenvalue weighted by molar-refractivity contribution is 0.447. The van der Waals surface area contributed by atoms with Gasteiger partial charge in [-0.25, -0.2) is 4.68 Å². The summed E-state index contributed by atoms with van der Waals surface area (Å²) in [6.07, 6.45) is 2.08. The highest BCUT2D eigenvalue weighted by Gasteiger charge is 2.15. The van der Waals surface area contributed by atoms with Gasteiger partial charge >= 0.3 is 0 Å². The average Bonchev–Trinajstić information content (AvgIpc) is 2.46. The van der Waals surface area contributed by atoms with Crippen LogP contribution in [0.4, 0.5) is 0 Å². The van der Waals surface area contributed by atoms with Crippen LogP contribution in [0.1, 0.15) is 39.3 Å². The van der Waals surface area contributed by atoms with Crippen molar-refractivity contribution in [1.29, 1.82) is 0 Å². The third-order valence-corrected chi connectivity index (χ3v) is 2.80. The number of rotatable bonds is 4. The third kappa shape index (κ3) is 2.50. The number of thioether (sulfide) groups is 1. The van der Waals surface area contributed by atoms with Crippen molar-refractivity contribution in [1.82, 2.24) is 15.0 Å². The molecule has 0 aliphatic carbocycles. The maximum atomic E-state index is 4.23. The summed E-state index contributed by atoms with van der Waals surface area (Å²) in [6.45, 7) is 9.66. The molecule has 0 radical (unpaired) electrons. The minimum atomic E-state index is 0.457. The summed E-state index contributed by atoms with van der Waals surface area (Å²) in [6, 6.07) is 0. The molecule has 0 N–H and O–H groups in total. The quantitative estimate of drug-likeness (QED) is 0.721. The fourth-order valence-electron chi connectivity index (χ4n) is 1.36. The zero-order valence-corrected chi connectivity index (χ0v) is 10.4. The van der Waals surface area contributed by atoms with Crippen molar-refractivity contribution in [2.75, 3.05) is 6.26 Å². The summed E-state index contributed by atoms with van der Waals surface area (Å²) >= 11 is 1.74. The van der Waals surface area contributed by atoms with Gasteiger partial charge < -0.3 is 0 Å². The standard InChI is InChI=1S/C10H19N3S/c1-7(2)6-13-10(14-5)9(8(3)4)11-12-13/h7-8H,6H2,1-5H3. The lowest BCUT2D eigenvalue weighted by atomic mass is 10.1. The van der Waals surface area contributed by atoms with Crippen LogP contribution in [0.3, 0.4) is 0 Å². The van der Waals surface area contributed by atoms with Gasteiger partial charge in [0.15, 0.2) is 0 Å². The van der Waals surface area contributed by atoms with Crippen molar-refractivity contribution >= 4 is 11.8 Å². The van der Waals surface area contributed by atoms with Crippen LogP contribution in [0.2, 0.25) is 0 Å². The molecule has 14 heavy (non-hydrogen) atoms. The monoisotopic (exact) mass is 213 g/mol. The number of hydrogen-bond acceptors (Lipinski definition) is 3. The minimum Gasteiger partial charge on any atom is -0.238 e. The molecule has 0 aromatic carbocycles. The van der Waals surface area contributed by atoms with Crippen molar-refractivity contribution in [2.45, 2.75) is 45.2 Å². The summed E-state index contributed by atoms with van der Waals surface area (Å²) in [5, 5.41) is 9.64. The molecule has 0 unspecified atom stereocenters. The summed E-state index contributed by atoms with van der Waals surface area (Å²) < 4.78 is 2.02. The van der Waals surface area contributed by atoms with Crippen molar-refractivity contribution < 1.29 is 0 Å². The van der Waals surface area contributed by atoms with Gasteiger partial charge in [0.1, 0.15) is 5.03 Å². The fourth-order valence-corrected chi connectivity index (χ4v) is 2.16. The Morgan fingerprint density at radius 1 is 1.29 bits per heavy atom. The average molecular weight is 213 g/mol. The van der Waals surface area contributed by atoms with E-state index in [1.165, 1.54) is 5.03 Å². The van der Waals surface area contributed by atoms with E-state index < -0.39 is 0 Å². The first-order valence-corrected chi connectivity index (χ1v) is 6.26. The predicted molar refractivity (Wildman–Crippen MR) is 60.7 cm³/mol. The molecule has 0 aliphatic heterocycles.